The zero-order chi connectivity index (χ0) is 25.4. The average Bonchev–Trinajstić information content (AvgIpc) is 3.06. The van der Waals surface area contributed by atoms with E-state index in [0.29, 0.717) is 28.7 Å². The molecular weight excluding hydrogens is 475 g/mol. The predicted octanol–water partition coefficient (Wildman–Crippen LogP) is 3.77. The minimum Gasteiger partial charge on any atom is -0.465 e. The summed E-state index contributed by atoms with van der Waals surface area (Å²) in [4.78, 5) is 24.6. The Morgan fingerprint density at radius 3 is 2.44 bits per heavy atom. The van der Waals surface area contributed by atoms with Crippen LogP contribution in [0.2, 0.25) is 0 Å². The first kappa shape index (κ1) is 25.8. The Bertz CT molecular complexity index is 1230. The summed E-state index contributed by atoms with van der Waals surface area (Å²) in [5, 5.41) is 2.67. The number of rotatable bonds is 6. The maximum Gasteiger partial charge on any atom is 0.341 e. The highest BCUT2D eigenvalue weighted by atomic mass is 32.2. The van der Waals surface area contributed by atoms with Crippen LogP contribution in [0.15, 0.2) is 23.1 Å². The van der Waals surface area contributed by atoms with Crippen LogP contribution in [0.25, 0.3) is 0 Å². The van der Waals surface area contributed by atoms with Gasteiger partial charge in [-0.15, -0.1) is 0 Å². The number of carbonyl (C=O) groups excluding carboxylic acids is 2. The Hall–Kier alpha value is -2.86. The van der Waals surface area contributed by atoms with Gasteiger partial charge in [-0.2, -0.15) is 13.1 Å². The fourth-order valence-corrected chi connectivity index (χ4v) is 6.21. The van der Waals surface area contributed by atoms with E-state index in [1.165, 1.54) is 32.0 Å². The molecule has 2 heterocycles. The minimum absolute atomic E-state index is 0.0563. The number of hydrogen-bond donors (Lipinski definition) is 1. The van der Waals surface area contributed by atoms with E-state index in [4.69, 9.17) is 0 Å². The molecule has 34 heavy (non-hydrogen) atoms. The lowest BCUT2D eigenvalue weighted by molar-refractivity contribution is -0.120. The molecule has 3 rings (SSSR count). The van der Waals surface area contributed by atoms with Crippen molar-refractivity contribution in [3.05, 3.63) is 46.5 Å². The first-order valence-corrected chi connectivity index (χ1v) is 12.0. The fraction of sp³-hybridized carbons (Fsp3) is 0.455. The number of sulfonamides is 1. The molecule has 1 atom stereocenters. The zero-order valence-electron chi connectivity index (χ0n) is 19.2. The van der Waals surface area contributed by atoms with Gasteiger partial charge < -0.3 is 10.1 Å². The second kappa shape index (κ2) is 9.79. The number of hydrogen-bond acceptors (Lipinski definition) is 5. The number of aromatic nitrogens is 1. The predicted molar refractivity (Wildman–Crippen MR) is 118 cm³/mol. The molecule has 0 radical (unpaired) electrons. The van der Waals surface area contributed by atoms with Gasteiger partial charge in [0, 0.05) is 30.2 Å². The van der Waals surface area contributed by atoms with Crippen LogP contribution in [-0.4, -0.2) is 49.4 Å². The molecule has 186 valence electrons. The summed E-state index contributed by atoms with van der Waals surface area (Å²) in [6.07, 6.45) is 0.749. The van der Waals surface area contributed by atoms with Crippen LogP contribution in [0.4, 0.5) is 18.9 Å². The standard InChI is InChI=1S/C22H26F3N3O5S/c1-12-10-16(7-8-17(12)23)26-20(29)15-6-5-9-27(11-15)34(31,32)19-14(3)28(22(24)25)13(2)18(19)21(30)33-4/h7-8,10,15,22H,5-6,9,11H2,1-4H3,(H,26,29)/t15-/m0/s1. The van der Waals surface area contributed by atoms with Gasteiger partial charge >= 0.3 is 12.5 Å². The number of piperidine rings is 1. The molecule has 0 aliphatic carbocycles. The van der Waals surface area contributed by atoms with E-state index in [-0.39, 0.29) is 24.5 Å². The van der Waals surface area contributed by atoms with Crippen molar-refractivity contribution >= 4 is 27.6 Å². The highest BCUT2D eigenvalue weighted by molar-refractivity contribution is 7.89. The molecule has 8 nitrogen and oxygen atoms in total. The van der Waals surface area contributed by atoms with Gasteiger partial charge in [0.1, 0.15) is 16.3 Å². The summed E-state index contributed by atoms with van der Waals surface area (Å²) in [5.74, 6) is -2.64. The van der Waals surface area contributed by atoms with E-state index in [0.717, 1.165) is 11.4 Å². The van der Waals surface area contributed by atoms with Gasteiger partial charge in [0.25, 0.3) is 0 Å². The van der Waals surface area contributed by atoms with Crippen LogP contribution >= 0.6 is 0 Å². The Kier molecular flexibility index (Phi) is 7.41. The topological polar surface area (TPSA) is 97.7 Å². The van der Waals surface area contributed by atoms with Gasteiger partial charge in [0.05, 0.1) is 13.0 Å². The number of alkyl halides is 2. The highest BCUT2D eigenvalue weighted by Crippen LogP contribution is 2.35. The summed E-state index contributed by atoms with van der Waals surface area (Å²) >= 11 is 0. The Labute approximate surface area is 195 Å². The van der Waals surface area contributed by atoms with Crippen molar-refractivity contribution in [3.8, 4) is 0 Å². The smallest absolute Gasteiger partial charge is 0.341 e. The van der Waals surface area contributed by atoms with Crippen LogP contribution in [-0.2, 0) is 19.6 Å². The van der Waals surface area contributed by atoms with E-state index < -0.39 is 50.6 Å². The van der Waals surface area contributed by atoms with E-state index >= 15 is 0 Å². The molecule has 1 aliphatic rings. The number of nitrogens with one attached hydrogen (secondary N) is 1. The summed E-state index contributed by atoms with van der Waals surface area (Å²) < 4.78 is 74.0. The van der Waals surface area contributed by atoms with Crippen molar-refractivity contribution in [1.29, 1.82) is 0 Å². The largest absolute Gasteiger partial charge is 0.465 e. The zero-order valence-corrected chi connectivity index (χ0v) is 20.0. The molecule has 1 aliphatic heterocycles. The van der Waals surface area contributed by atoms with Crippen LogP contribution in [0, 0.1) is 32.5 Å². The summed E-state index contributed by atoms with van der Waals surface area (Å²) in [5.41, 5.74) is -0.251. The maximum absolute atomic E-state index is 13.6. The van der Waals surface area contributed by atoms with Crippen molar-refractivity contribution < 1.29 is 35.9 Å². The van der Waals surface area contributed by atoms with Gasteiger partial charge in [-0.3, -0.25) is 9.36 Å². The van der Waals surface area contributed by atoms with E-state index in [2.05, 4.69) is 10.1 Å². The molecule has 2 aromatic rings. The number of methoxy groups -OCH3 is 1. The maximum atomic E-state index is 13.6. The molecule has 0 unspecified atom stereocenters. The Morgan fingerprint density at radius 2 is 1.85 bits per heavy atom. The number of ether oxygens (including phenoxy) is 1. The molecule has 1 amide bonds. The van der Waals surface area contributed by atoms with Gasteiger partial charge in [0.2, 0.25) is 15.9 Å². The normalized spacial score (nSPS) is 17.1. The molecule has 0 saturated carbocycles. The van der Waals surface area contributed by atoms with Crippen molar-refractivity contribution in [2.75, 3.05) is 25.5 Å². The lowest BCUT2D eigenvalue weighted by Crippen LogP contribution is -2.44. The second-order valence-electron chi connectivity index (χ2n) is 8.17. The number of halogens is 3. The molecule has 1 N–H and O–H groups in total. The van der Waals surface area contributed by atoms with Gasteiger partial charge in [-0.1, -0.05) is 0 Å². The molecule has 0 bridgehead atoms. The summed E-state index contributed by atoms with van der Waals surface area (Å²) in [6.45, 7) is 0.764. The van der Waals surface area contributed by atoms with Crippen LogP contribution in [0.1, 0.15) is 46.7 Å². The second-order valence-corrected chi connectivity index (χ2v) is 10.0. The Balaban J connectivity index is 1.92. The fourth-order valence-electron chi connectivity index (χ4n) is 4.25. The number of amides is 1. The highest BCUT2D eigenvalue weighted by Gasteiger charge is 2.40. The molecule has 1 fully saturated rings. The average molecular weight is 502 g/mol. The van der Waals surface area contributed by atoms with Crippen molar-refractivity contribution in [1.82, 2.24) is 8.87 Å². The molecule has 1 aromatic carbocycles. The SMILES string of the molecule is COC(=O)c1c(S(=O)(=O)N2CCC[C@H](C(=O)Nc3ccc(F)c(C)c3)C2)c(C)n(C(F)F)c1C. The third kappa shape index (κ3) is 4.69. The lowest BCUT2D eigenvalue weighted by atomic mass is 9.98. The first-order valence-electron chi connectivity index (χ1n) is 10.5. The van der Waals surface area contributed by atoms with Gasteiger partial charge in [0.15, 0.2) is 0 Å². The number of benzene rings is 1. The monoisotopic (exact) mass is 501 g/mol. The third-order valence-corrected chi connectivity index (χ3v) is 8.03. The van der Waals surface area contributed by atoms with Crippen LogP contribution < -0.4 is 5.32 Å². The van der Waals surface area contributed by atoms with Crippen molar-refractivity contribution in [2.24, 2.45) is 5.92 Å². The van der Waals surface area contributed by atoms with E-state index in [9.17, 15) is 31.2 Å². The number of esters is 1. The summed E-state index contributed by atoms with van der Waals surface area (Å²) in [7, 11) is -3.38. The molecule has 12 heteroatoms. The molecule has 0 spiro atoms. The summed E-state index contributed by atoms with van der Waals surface area (Å²) in [6, 6.07) is 4.08. The number of aryl methyl sites for hydroxylation is 1. The molecule has 1 saturated heterocycles. The van der Waals surface area contributed by atoms with E-state index in [1.54, 1.807) is 6.92 Å². The number of carbonyl (C=O) groups is 2. The van der Waals surface area contributed by atoms with Gasteiger partial charge in [-0.25, -0.2) is 17.6 Å². The minimum atomic E-state index is -4.42. The quantitative estimate of drug-likeness (QED) is 0.608. The molecular formula is C22H26F3N3O5S. The first-order chi connectivity index (χ1) is 15.9. The van der Waals surface area contributed by atoms with E-state index in [1.807, 2.05) is 0 Å². The van der Waals surface area contributed by atoms with Gasteiger partial charge in [-0.05, 0) is 57.4 Å². The Morgan fingerprint density at radius 1 is 1.18 bits per heavy atom. The lowest BCUT2D eigenvalue weighted by Gasteiger charge is -2.31. The number of anilines is 1. The molecule has 1 aromatic heterocycles. The van der Waals surface area contributed by atoms with Crippen LogP contribution in [0.3, 0.4) is 0 Å². The van der Waals surface area contributed by atoms with Crippen molar-refractivity contribution in [2.45, 2.75) is 45.1 Å². The van der Waals surface area contributed by atoms with Crippen LogP contribution in [0.5, 0.6) is 0 Å². The van der Waals surface area contributed by atoms with Crippen molar-refractivity contribution in [3.63, 3.8) is 0 Å². The number of nitrogens with zero attached hydrogens (tertiary/aromatic N) is 2. The third-order valence-electron chi connectivity index (χ3n) is 6.00.